The Balaban J connectivity index is 2.28. The summed E-state index contributed by atoms with van der Waals surface area (Å²) in [7, 11) is -3.37. The first-order valence-corrected chi connectivity index (χ1v) is 7.16. The highest BCUT2D eigenvalue weighted by molar-refractivity contribution is 7.90. The Kier molecular flexibility index (Phi) is 3.02. The minimum atomic E-state index is -3.37. The predicted octanol–water partition coefficient (Wildman–Crippen LogP) is 1.82. The van der Waals surface area contributed by atoms with Gasteiger partial charge in [-0.25, -0.2) is 18.4 Å². The lowest BCUT2D eigenvalue weighted by Gasteiger charge is -2.00. The van der Waals surface area contributed by atoms with Crippen molar-refractivity contribution in [2.24, 2.45) is 0 Å². The second kappa shape index (κ2) is 4.31. The van der Waals surface area contributed by atoms with E-state index in [2.05, 4.69) is 9.97 Å². The van der Waals surface area contributed by atoms with E-state index in [9.17, 15) is 8.42 Å². The molecule has 0 aromatic carbocycles. The van der Waals surface area contributed by atoms with E-state index in [1.54, 1.807) is 17.5 Å². The molecule has 0 radical (unpaired) electrons. The number of aromatic nitrogens is 2. The van der Waals surface area contributed by atoms with E-state index in [4.69, 9.17) is 0 Å². The van der Waals surface area contributed by atoms with Crippen LogP contribution in [0.3, 0.4) is 0 Å². The molecule has 2 aromatic rings. The highest BCUT2D eigenvalue weighted by atomic mass is 32.2. The number of sulfone groups is 1. The first-order chi connectivity index (χ1) is 7.58. The third kappa shape index (κ3) is 2.45. The van der Waals surface area contributed by atoms with Gasteiger partial charge in [-0.05, 0) is 19.1 Å². The Morgan fingerprint density at radius 1 is 1.38 bits per heavy atom. The fourth-order valence-electron chi connectivity index (χ4n) is 1.27. The molecule has 0 saturated heterocycles. The number of hydrogen-bond donors (Lipinski definition) is 0. The number of thiazole rings is 1. The molecule has 0 aliphatic carbocycles. The van der Waals surface area contributed by atoms with Gasteiger partial charge in [-0.15, -0.1) is 11.3 Å². The zero-order valence-electron chi connectivity index (χ0n) is 8.62. The lowest BCUT2D eigenvalue weighted by atomic mass is 10.5. The van der Waals surface area contributed by atoms with Gasteiger partial charge in [0, 0.05) is 11.6 Å². The largest absolute Gasteiger partial charge is 0.246 e. The quantitative estimate of drug-likeness (QED) is 0.838. The molecule has 0 amide bonds. The van der Waals surface area contributed by atoms with Gasteiger partial charge in [0.15, 0.2) is 5.03 Å². The van der Waals surface area contributed by atoms with Gasteiger partial charge < -0.3 is 0 Å². The molecule has 16 heavy (non-hydrogen) atoms. The van der Waals surface area contributed by atoms with E-state index in [0.29, 0.717) is 5.69 Å². The summed E-state index contributed by atoms with van der Waals surface area (Å²) in [4.78, 5) is 7.97. The molecule has 0 saturated carbocycles. The molecule has 0 unspecified atom stereocenters. The van der Waals surface area contributed by atoms with Gasteiger partial charge in [0.2, 0.25) is 9.84 Å². The topological polar surface area (TPSA) is 59.9 Å². The van der Waals surface area contributed by atoms with Gasteiger partial charge in [-0.1, -0.05) is 6.07 Å². The summed E-state index contributed by atoms with van der Waals surface area (Å²) in [6, 6.07) is 4.84. The van der Waals surface area contributed by atoms with Crippen molar-refractivity contribution in [1.82, 2.24) is 9.97 Å². The number of pyridine rings is 1. The average Bonchev–Trinajstić information content (AvgIpc) is 2.64. The second-order valence-corrected chi connectivity index (χ2v) is 6.28. The molecular weight excluding hydrogens is 244 g/mol. The van der Waals surface area contributed by atoms with Crippen molar-refractivity contribution in [3.05, 3.63) is 40.5 Å². The van der Waals surface area contributed by atoms with Crippen LogP contribution in [0.4, 0.5) is 0 Å². The van der Waals surface area contributed by atoms with Gasteiger partial charge >= 0.3 is 0 Å². The lowest BCUT2D eigenvalue weighted by Crippen LogP contribution is -2.06. The molecule has 4 nitrogen and oxygen atoms in total. The molecule has 0 bridgehead atoms. The van der Waals surface area contributed by atoms with Gasteiger partial charge in [0.05, 0.1) is 16.5 Å². The van der Waals surface area contributed by atoms with E-state index < -0.39 is 9.84 Å². The number of hydrogen-bond acceptors (Lipinski definition) is 5. The summed E-state index contributed by atoms with van der Waals surface area (Å²) in [5, 5.41) is 2.72. The fraction of sp³-hybridized carbons (Fsp3) is 0.200. The maximum atomic E-state index is 11.9. The Morgan fingerprint density at radius 2 is 2.19 bits per heavy atom. The zero-order chi connectivity index (χ0) is 11.6. The van der Waals surface area contributed by atoms with Crippen LogP contribution in [0, 0.1) is 6.92 Å². The van der Waals surface area contributed by atoms with Crippen LogP contribution in [0.25, 0.3) is 0 Å². The molecule has 0 fully saturated rings. The highest BCUT2D eigenvalue weighted by Crippen LogP contribution is 2.15. The lowest BCUT2D eigenvalue weighted by molar-refractivity contribution is 0.591. The fourth-order valence-corrected chi connectivity index (χ4v) is 3.18. The molecule has 2 rings (SSSR count). The normalized spacial score (nSPS) is 11.6. The monoisotopic (exact) mass is 254 g/mol. The van der Waals surface area contributed by atoms with Crippen molar-refractivity contribution >= 4 is 21.2 Å². The van der Waals surface area contributed by atoms with Gasteiger partial charge in [0.25, 0.3) is 0 Å². The van der Waals surface area contributed by atoms with E-state index >= 15 is 0 Å². The van der Waals surface area contributed by atoms with E-state index in [1.165, 1.54) is 23.6 Å². The van der Waals surface area contributed by atoms with Crippen LogP contribution in [0.15, 0.2) is 34.8 Å². The molecule has 84 valence electrons. The van der Waals surface area contributed by atoms with E-state index in [0.717, 1.165) is 5.01 Å². The minimum absolute atomic E-state index is 0.0889. The van der Waals surface area contributed by atoms with Crippen molar-refractivity contribution in [3.63, 3.8) is 0 Å². The van der Waals surface area contributed by atoms with Crippen LogP contribution in [-0.4, -0.2) is 18.4 Å². The predicted molar refractivity (Wildman–Crippen MR) is 62.0 cm³/mol. The molecule has 2 heterocycles. The van der Waals surface area contributed by atoms with Gasteiger partial charge in [-0.2, -0.15) is 0 Å². The van der Waals surface area contributed by atoms with Gasteiger partial charge in [0.1, 0.15) is 0 Å². The molecule has 0 spiro atoms. The molecule has 0 atom stereocenters. The summed E-state index contributed by atoms with van der Waals surface area (Å²) < 4.78 is 23.8. The van der Waals surface area contributed by atoms with Crippen LogP contribution in [0.1, 0.15) is 10.7 Å². The molecular formula is C10H10N2O2S2. The van der Waals surface area contributed by atoms with Crippen molar-refractivity contribution in [2.75, 3.05) is 0 Å². The van der Waals surface area contributed by atoms with Crippen LogP contribution >= 0.6 is 11.3 Å². The Hall–Kier alpha value is -1.27. The molecule has 6 heteroatoms. The molecule has 2 aromatic heterocycles. The average molecular weight is 254 g/mol. The van der Waals surface area contributed by atoms with Crippen LogP contribution in [0.2, 0.25) is 0 Å². The summed E-state index contributed by atoms with van der Waals surface area (Å²) in [5.74, 6) is -0.0889. The Morgan fingerprint density at radius 3 is 2.75 bits per heavy atom. The summed E-state index contributed by atoms with van der Waals surface area (Å²) in [6.45, 7) is 1.85. The van der Waals surface area contributed by atoms with Gasteiger partial charge in [-0.3, -0.25) is 0 Å². The van der Waals surface area contributed by atoms with Crippen molar-refractivity contribution in [3.8, 4) is 0 Å². The van der Waals surface area contributed by atoms with Crippen LogP contribution < -0.4 is 0 Å². The van der Waals surface area contributed by atoms with Crippen LogP contribution in [-0.2, 0) is 15.6 Å². The zero-order valence-corrected chi connectivity index (χ0v) is 10.3. The standard InChI is InChI=1S/C10H10N2O2S2/c1-8-12-9(6-15-8)7-16(13,14)10-4-2-3-5-11-10/h2-6H,7H2,1H3. The highest BCUT2D eigenvalue weighted by Gasteiger charge is 2.17. The van der Waals surface area contributed by atoms with E-state index in [1.807, 2.05) is 6.92 Å². The number of nitrogens with zero attached hydrogens (tertiary/aromatic N) is 2. The van der Waals surface area contributed by atoms with Crippen LogP contribution in [0.5, 0.6) is 0 Å². The van der Waals surface area contributed by atoms with Crippen molar-refractivity contribution in [1.29, 1.82) is 0 Å². The molecule has 0 N–H and O–H groups in total. The third-order valence-electron chi connectivity index (χ3n) is 1.96. The first kappa shape index (κ1) is 11.2. The Bertz CT molecular complexity index is 576. The summed E-state index contributed by atoms with van der Waals surface area (Å²) >= 11 is 1.44. The number of rotatable bonds is 3. The maximum absolute atomic E-state index is 11.9. The molecule has 0 aliphatic rings. The van der Waals surface area contributed by atoms with Crippen molar-refractivity contribution in [2.45, 2.75) is 17.7 Å². The smallest absolute Gasteiger partial charge is 0.201 e. The molecule has 0 aliphatic heterocycles. The maximum Gasteiger partial charge on any atom is 0.201 e. The van der Waals surface area contributed by atoms with E-state index in [-0.39, 0.29) is 10.8 Å². The first-order valence-electron chi connectivity index (χ1n) is 4.63. The second-order valence-electron chi connectivity index (χ2n) is 3.28. The number of aryl methyl sites for hydroxylation is 1. The third-order valence-corrected chi connectivity index (χ3v) is 4.34. The summed E-state index contributed by atoms with van der Waals surface area (Å²) in [5.41, 5.74) is 0.577. The summed E-state index contributed by atoms with van der Waals surface area (Å²) in [6.07, 6.45) is 1.47. The Labute approximate surface area is 97.9 Å². The SMILES string of the molecule is Cc1nc(CS(=O)(=O)c2ccccn2)cs1. The van der Waals surface area contributed by atoms with Crippen molar-refractivity contribution < 1.29 is 8.42 Å². The minimum Gasteiger partial charge on any atom is -0.246 e.